The number of likely N-dealkylation sites (N-methyl/N-ethyl adjacent to an activating group) is 1. The first-order valence-corrected chi connectivity index (χ1v) is 12.9. The molecule has 0 amide bonds. The van der Waals surface area contributed by atoms with Crippen molar-refractivity contribution in [2.45, 2.75) is 86.8 Å². The zero-order valence-corrected chi connectivity index (χ0v) is 20.4. The highest BCUT2D eigenvalue weighted by atomic mass is 16.7. The van der Waals surface area contributed by atoms with Crippen molar-refractivity contribution in [1.82, 2.24) is 4.90 Å². The molecule has 0 unspecified atom stereocenters. The number of carbonyl (C=O) groups is 1. The highest BCUT2D eigenvalue weighted by molar-refractivity contribution is 5.67. The molecule has 7 bridgehead atoms. The van der Waals surface area contributed by atoms with Gasteiger partial charge in [-0.05, 0) is 31.7 Å². The van der Waals surface area contributed by atoms with Crippen molar-refractivity contribution in [3.05, 3.63) is 0 Å². The molecule has 2 saturated heterocycles. The number of likely N-dealkylation sites (tertiary alicyclic amines) is 1. The van der Waals surface area contributed by atoms with Crippen LogP contribution in [0, 0.1) is 29.1 Å². The van der Waals surface area contributed by atoms with E-state index in [-0.39, 0.29) is 48.8 Å². The molecule has 0 radical (unpaired) electrons. The molecule has 5 aliphatic carbocycles. The average Bonchev–Trinajstić information content (AvgIpc) is 3.32. The summed E-state index contributed by atoms with van der Waals surface area (Å²) in [6, 6.07) is -0.258. The molecule has 2 aliphatic heterocycles. The van der Waals surface area contributed by atoms with Crippen LogP contribution < -0.4 is 0 Å². The molecular formula is C25H37NO8. The van der Waals surface area contributed by atoms with E-state index in [4.69, 9.17) is 23.7 Å². The van der Waals surface area contributed by atoms with Gasteiger partial charge >= 0.3 is 5.97 Å². The molecule has 0 aromatic carbocycles. The van der Waals surface area contributed by atoms with Crippen LogP contribution >= 0.6 is 0 Å². The van der Waals surface area contributed by atoms with E-state index in [1.165, 1.54) is 6.92 Å². The number of fused-ring (bicyclic) bond motifs is 1. The highest BCUT2D eigenvalue weighted by Crippen LogP contribution is 2.82. The van der Waals surface area contributed by atoms with Gasteiger partial charge in [-0.25, -0.2) is 0 Å². The quantitative estimate of drug-likeness (QED) is 0.551. The minimum absolute atomic E-state index is 0.0390. The summed E-state index contributed by atoms with van der Waals surface area (Å²) in [5.74, 6) is -1.02. The van der Waals surface area contributed by atoms with Crippen LogP contribution in [0.3, 0.4) is 0 Å². The number of esters is 1. The number of ether oxygens (including phenoxy) is 5. The lowest BCUT2D eigenvalue weighted by Gasteiger charge is -2.70. The molecular weight excluding hydrogens is 442 g/mol. The fraction of sp³-hybridized carbons (Fsp3) is 0.960. The van der Waals surface area contributed by atoms with E-state index in [9.17, 15) is 15.0 Å². The van der Waals surface area contributed by atoms with Crippen LogP contribution in [0.4, 0.5) is 0 Å². The van der Waals surface area contributed by atoms with Crippen molar-refractivity contribution in [2.24, 2.45) is 29.1 Å². The molecule has 2 N–H and O–H groups in total. The fourth-order valence-corrected chi connectivity index (χ4v) is 11.1. The summed E-state index contributed by atoms with van der Waals surface area (Å²) in [6.45, 7) is 5.27. The van der Waals surface area contributed by atoms with E-state index in [0.717, 1.165) is 25.9 Å². The Morgan fingerprint density at radius 2 is 1.97 bits per heavy atom. The maximum Gasteiger partial charge on any atom is 0.303 e. The SMILES string of the molecule is CCN1C[C@@H]2CC[C@H](OC)[C@]34[C@@H]2[C@H](OC(C)=O)[C@]2(OCO[C@@]25C[C@H](OC)[C@H]2C[C@]3(O)[C@@H]5[C@H]2O)[C@H]14. The summed E-state index contributed by atoms with van der Waals surface area (Å²) in [5.41, 5.74) is -4.06. The Bertz CT molecular complexity index is 917. The summed E-state index contributed by atoms with van der Waals surface area (Å²) in [4.78, 5) is 15.0. The van der Waals surface area contributed by atoms with Crippen molar-refractivity contribution in [3.8, 4) is 0 Å². The number of aliphatic hydroxyl groups excluding tert-OH is 1. The Balaban J connectivity index is 1.59. The number of hydrogen-bond acceptors (Lipinski definition) is 9. The lowest BCUT2D eigenvalue weighted by Crippen LogP contribution is -2.85. The molecule has 0 aromatic heterocycles. The van der Waals surface area contributed by atoms with Gasteiger partial charge in [0.25, 0.3) is 0 Å². The molecule has 34 heavy (non-hydrogen) atoms. The molecule has 7 fully saturated rings. The zero-order chi connectivity index (χ0) is 23.8. The second-order valence-corrected chi connectivity index (χ2v) is 11.9. The zero-order valence-electron chi connectivity index (χ0n) is 20.4. The van der Waals surface area contributed by atoms with E-state index < -0.39 is 40.3 Å². The second kappa shape index (κ2) is 6.73. The standard InChI is InChI=1S/C25H37NO8/c1-5-26-10-13-6-7-16(31-4)24-17(13)20(34-12(2)27)25(21(24)26)23(32-11-33-25)9-15(30-3)14-8-22(24,29)19(23)18(14)28/h13-21,28-29H,5-11H2,1-4H3/t13-,14+,15-,16-,17-,18-,19-,20-,21+,22-,23+,24+,25-/m0/s1. The summed E-state index contributed by atoms with van der Waals surface area (Å²) < 4.78 is 31.7. The first kappa shape index (κ1) is 22.4. The lowest BCUT2D eigenvalue weighted by atomic mass is 9.43. The Morgan fingerprint density at radius 3 is 2.65 bits per heavy atom. The van der Waals surface area contributed by atoms with Crippen LogP contribution in [-0.4, -0.2) is 102 Å². The Morgan fingerprint density at radius 1 is 1.18 bits per heavy atom. The molecule has 7 aliphatic rings. The third kappa shape index (κ3) is 1.97. The van der Waals surface area contributed by atoms with Crippen molar-refractivity contribution < 1.29 is 38.7 Å². The predicted molar refractivity (Wildman–Crippen MR) is 116 cm³/mol. The number of hydrogen-bond donors (Lipinski definition) is 2. The Hall–Kier alpha value is -0.810. The first-order valence-electron chi connectivity index (χ1n) is 12.9. The Kier molecular flexibility index (Phi) is 4.44. The van der Waals surface area contributed by atoms with Crippen LogP contribution in [0.1, 0.15) is 39.5 Å². The van der Waals surface area contributed by atoms with Gasteiger partial charge in [0.1, 0.15) is 18.5 Å². The van der Waals surface area contributed by atoms with Gasteiger partial charge in [-0.3, -0.25) is 9.69 Å². The molecule has 0 aromatic rings. The number of nitrogens with zero attached hydrogens (tertiary/aromatic N) is 1. The van der Waals surface area contributed by atoms with E-state index in [1.807, 2.05) is 0 Å². The maximum atomic E-state index is 13.1. The molecule has 3 spiro atoms. The van der Waals surface area contributed by atoms with E-state index in [1.54, 1.807) is 14.2 Å². The molecule has 9 heteroatoms. The highest BCUT2D eigenvalue weighted by Gasteiger charge is 2.96. The average molecular weight is 480 g/mol. The van der Waals surface area contributed by atoms with Crippen molar-refractivity contribution in [2.75, 3.05) is 34.1 Å². The summed E-state index contributed by atoms with van der Waals surface area (Å²) in [7, 11) is 3.39. The third-order valence-corrected chi connectivity index (χ3v) is 11.5. The minimum Gasteiger partial charge on any atom is -0.459 e. The van der Waals surface area contributed by atoms with Crippen LogP contribution in [0.2, 0.25) is 0 Å². The van der Waals surface area contributed by atoms with Gasteiger partial charge in [0.15, 0.2) is 5.60 Å². The third-order valence-electron chi connectivity index (χ3n) is 11.5. The summed E-state index contributed by atoms with van der Waals surface area (Å²) >= 11 is 0. The van der Waals surface area contributed by atoms with Crippen LogP contribution in [0.25, 0.3) is 0 Å². The lowest BCUT2D eigenvalue weighted by molar-refractivity contribution is -0.323. The Labute approximate surface area is 200 Å². The van der Waals surface area contributed by atoms with Gasteiger partial charge in [0.05, 0.1) is 35.4 Å². The number of methoxy groups -OCH3 is 2. The van der Waals surface area contributed by atoms with Crippen molar-refractivity contribution in [1.29, 1.82) is 0 Å². The monoisotopic (exact) mass is 479 g/mol. The topological polar surface area (TPSA) is 107 Å². The van der Waals surface area contributed by atoms with Gasteiger partial charge in [0.2, 0.25) is 0 Å². The van der Waals surface area contributed by atoms with Gasteiger partial charge in [0, 0.05) is 51.9 Å². The molecule has 13 atom stereocenters. The van der Waals surface area contributed by atoms with E-state index in [2.05, 4.69) is 11.8 Å². The largest absolute Gasteiger partial charge is 0.459 e. The normalized spacial score (nSPS) is 60.8. The maximum absolute atomic E-state index is 13.1. The summed E-state index contributed by atoms with van der Waals surface area (Å²) in [5, 5.41) is 24.8. The second-order valence-electron chi connectivity index (χ2n) is 11.9. The van der Waals surface area contributed by atoms with E-state index in [0.29, 0.717) is 12.8 Å². The predicted octanol–water partition coefficient (Wildman–Crippen LogP) is 0.306. The van der Waals surface area contributed by atoms with Crippen molar-refractivity contribution >= 4 is 5.97 Å². The van der Waals surface area contributed by atoms with Crippen LogP contribution in [0.15, 0.2) is 0 Å². The molecule has 5 saturated carbocycles. The van der Waals surface area contributed by atoms with E-state index >= 15 is 0 Å². The fourth-order valence-electron chi connectivity index (χ4n) is 11.1. The number of carbonyl (C=O) groups excluding carboxylic acids is 1. The van der Waals surface area contributed by atoms with Crippen molar-refractivity contribution in [3.63, 3.8) is 0 Å². The molecule has 2 heterocycles. The number of piperidine rings is 1. The van der Waals surface area contributed by atoms with Crippen LogP contribution in [0.5, 0.6) is 0 Å². The van der Waals surface area contributed by atoms with Gasteiger partial charge < -0.3 is 33.9 Å². The first-order chi connectivity index (χ1) is 16.3. The molecule has 7 rings (SSSR count). The summed E-state index contributed by atoms with van der Waals surface area (Å²) in [6.07, 6.45) is 0.750. The van der Waals surface area contributed by atoms with Gasteiger partial charge in [-0.1, -0.05) is 6.92 Å². The smallest absolute Gasteiger partial charge is 0.303 e. The number of aliphatic hydroxyl groups is 2. The molecule has 9 nitrogen and oxygen atoms in total. The van der Waals surface area contributed by atoms with Crippen LogP contribution in [-0.2, 0) is 28.5 Å². The van der Waals surface area contributed by atoms with Gasteiger partial charge in [-0.2, -0.15) is 0 Å². The van der Waals surface area contributed by atoms with Gasteiger partial charge in [-0.15, -0.1) is 0 Å². The minimum atomic E-state index is -1.26. The number of rotatable bonds is 4. The molecule has 190 valence electrons.